The Bertz CT molecular complexity index is 368. The highest BCUT2D eigenvalue weighted by molar-refractivity contribution is 5.85. The van der Waals surface area contributed by atoms with Crippen molar-refractivity contribution >= 4 is 12.4 Å². The molecule has 16 heavy (non-hydrogen) atoms. The minimum atomic E-state index is -0.363. The summed E-state index contributed by atoms with van der Waals surface area (Å²) in [5.74, 6) is 0.313. The Morgan fingerprint density at radius 2 is 2.19 bits per heavy atom. The second kappa shape index (κ2) is 6.51. The molecule has 1 atom stereocenters. The van der Waals surface area contributed by atoms with E-state index in [1.807, 2.05) is 6.92 Å². The summed E-state index contributed by atoms with van der Waals surface area (Å²) in [6.45, 7) is 5.63. The Kier molecular flexibility index (Phi) is 6.08. The molecule has 0 saturated heterocycles. The lowest BCUT2D eigenvalue weighted by Crippen LogP contribution is -2.12. The maximum absolute atomic E-state index is 13.4. The van der Waals surface area contributed by atoms with E-state index in [2.05, 4.69) is 6.58 Å². The van der Waals surface area contributed by atoms with Crippen LogP contribution in [0.2, 0.25) is 0 Å². The summed E-state index contributed by atoms with van der Waals surface area (Å²) in [7, 11) is 1.54. The molecule has 2 nitrogen and oxygen atoms in total. The number of benzene rings is 1. The molecule has 0 amide bonds. The zero-order valence-electron chi connectivity index (χ0n) is 9.50. The molecular weight excluding hydrogens is 229 g/mol. The third-order valence-corrected chi connectivity index (χ3v) is 2.17. The van der Waals surface area contributed by atoms with Crippen LogP contribution in [0.1, 0.15) is 24.9 Å². The molecule has 0 aromatic heterocycles. The van der Waals surface area contributed by atoms with E-state index in [1.165, 1.54) is 6.07 Å². The highest BCUT2D eigenvalue weighted by Crippen LogP contribution is 2.24. The number of rotatable bonds is 4. The van der Waals surface area contributed by atoms with Crippen LogP contribution >= 0.6 is 12.4 Å². The molecule has 0 aliphatic rings. The first-order chi connectivity index (χ1) is 7.04. The van der Waals surface area contributed by atoms with E-state index < -0.39 is 0 Å². The molecule has 90 valence electrons. The summed E-state index contributed by atoms with van der Waals surface area (Å²) in [5, 5.41) is 0. The second-order valence-electron chi connectivity index (χ2n) is 3.66. The normalized spacial score (nSPS) is 11.5. The predicted molar refractivity (Wildman–Crippen MR) is 66.6 cm³/mol. The van der Waals surface area contributed by atoms with Gasteiger partial charge >= 0.3 is 0 Å². The Labute approximate surface area is 102 Å². The van der Waals surface area contributed by atoms with Crippen molar-refractivity contribution < 1.29 is 9.13 Å². The standard InChI is InChI=1S/C12H16FNO.ClH/c1-8(2)6-12(14)10-7-9(15-3)4-5-11(10)13;/h4-5,7,12H,1,6,14H2,2-3H3;1H/t12-;/m1./s1. The van der Waals surface area contributed by atoms with Crippen LogP contribution in [0.15, 0.2) is 30.4 Å². The summed E-state index contributed by atoms with van der Waals surface area (Å²) < 4.78 is 18.5. The Morgan fingerprint density at radius 1 is 1.56 bits per heavy atom. The van der Waals surface area contributed by atoms with Crippen molar-refractivity contribution in [3.63, 3.8) is 0 Å². The Morgan fingerprint density at radius 3 is 2.69 bits per heavy atom. The van der Waals surface area contributed by atoms with Crippen LogP contribution in [0.4, 0.5) is 4.39 Å². The molecule has 1 aromatic carbocycles. The molecule has 0 heterocycles. The van der Waals surface area contributed by atoms with Crippen LogP contribution in [-0.2, 0) is 0 Å². The number of halogens is 2. The minimum Gasteiger partial charge on any atom is -0.497 e. The van der Waals surface area contributed by atoms with E-state index in [0.717, 1.165) is 5.57 Å². The van der Waals surface area contributed by atoms with Crippen LogP contribution in [-0.4, -0.2) is 7.11 Å². The smallest absolute Gasteiger partial charge is 0.128 e. The molecule has 0 unspecified atom stereocenters. The van der Waals surface area contributed by atoms with E-state index in [1.54, 1.807) is 19.2 Å². The van der Waals surface area contributed by atoms with Crippen molar-refractivity contribution in [1.29, 1.82) is 0 Å². The molecule has 0 bridgehead atoms. The van der Waals surface area contributed by atoms with Gasteiger partial charge in [-0.15, -0.1) is 19.0 Å². The lowest BCUT2D eigenvalue weighted by atomic mass is 10.0. The van der Waals surface area contributed by atoms with Gasteiger partial charge in [0.25, 0.3) is 0 Å². The van der Waals surface area contributed by atoms with Gasteiger partial charge in [-0.1, -0.05) is 5.57 Å². The Balaban J connectivity index is 0.00000225. The number of hydrogen-bond donors (Lipinski definition) is 1. The second-order valence-corrected chi connectivity index (χ2v) is 3.66. The van der Waals surface area contributed by atoms with Crippen molar-refractivity contribution in [3.8, 4) is 5.75 Å². The van der Waals surface area contributed by atoms with Crippen LogP contribution in [0.25, 0.3) is 0 Å². The van der Waals surface area contributed by atoms with Crippen molar-refractivity contribution in [1.82, 2.24) is 0 Å². The number of nitrogens with two attached hydrogens (primary N) is 1. The molecule has 4 heteroatoms. The van der Waals surface area contributed by atoms with Gasteiger partial charge in [-0.3, -0.25) is 0 Å². The fraction of sp³-hybridized carbons (Fsp3) is 0.333. The molecule has 2 N–H and O–H groups in total. The monoisotopic (exact) mass is 245 g/mol. The first kappa shape index (κ1) is 14.9. The van der Waals surface area contributed by atoms with E-state index in [4.69, 9.17) is 10.5 Å². The molecule has 0 radical (unpaired) electrons. The highest BCUT2D eigenvalue weighted by atomic mass is 35.5. The summed E-state index contributed by atoms with van der Waals surface area (Å²) in [4.78, 5) is 0. The molecule has 1 aromatic rings. The van der Waals surface area contributed by atoms with Crippen molar-refractivity contribution in [2.75, 3.05) is 7.11 Å². The van der Waals surface area contributed by atoms with Crippen molar-refractivity contribution in [2.45, 2.75) is 19.4 Å². The van der Waals surface area contributed by atoms with Gasteiger partial charge < -0.3 is 10.5 Å². The van der Waals surface area contributed by atoms with Gasteiger partial charge in [0, 0.05) is 11.6 Å². The maximum Gasteiger partial charge on any atom is 0.128 e. The average Bonchev–Trinajstić information content (AvgIpc) is 2.17. The number of methoxy groups -OCH3 is 1. The summed E-state index contributed by atoms with van der Waals surface area (Å²) in [6, 6.07) is 4.21. The zero-order valence-corrected chi connectivity index (χ0v) is 10.3. The molecule has 0 saturated carbocycles. The van der Waals surface area contributed by atoms with Gasteiger partial charge in [0.05, 0.1) is 7.11 Å². The molecule has 0 aliphatic carbocycles. The Hall–Kier alpha value is -1.06. The highest BCUT2D eigenvalue weighted by Gasteiger charge is 2.12. The zero-order chi connectivity index (χ0) is 11.4. The molecular formula is C12H17ClFNO. The molecule has 0 aliphatic heterocycles. The number of hydrogen-bond acceptors (Lipinski definition) is 2. The van der Waals surface area contributed by atoms with Gasteiger partial charge in [-0.05, 0) is 31.5 Å². The van der Waals surface area contributed by atoms with Crippen LogP contribution in [0.3, 0.4) is 0 Å². The van der Waals surface area contributed by atoms with E-state index in [-0.39, 0.29) is 24.3 Å². The summed E-state index contributed by atoms with van der Waals surface area (Å²) >= 11 is 0. The van der Waals surface area contributed by atoms with E-state index >= 15 is 0 Å². The first-order valence-corrected chi connectivity index (χ1v) is 4.78. The first-order valence-electron chi connectivity index (χ1n) is 4.78. The average molecular weight is 246 g/mol. The lowest BCUT2D eigenvalue weighted by Gasteiger charge is -2.13. The van der Waals surface area contributed by atoms with E-state index in [0.29, 0.717) is 17.7 Å². The molecule has 1 rings (SSSR count). The van der Waals surface area contributed by atoms with Crippen LogP contribution in [0.5, 0.6) is 5.75 Å². The van der Waals surface area contributed by atoms with Crippen LogP contribution < -0.4 is 10.5 Å². The molecule has 0 fully saturated rings. The van der Waals surface area contributed by atoms with Gasteiger partial charge in [0.2, 0.25) is 0 Å². The topological polar surface area (TPSA) is 35.2 Å². The van der Waals surface area contributed by atoms with Gasteiger partial charge in [-0.2, -0.15) is 0 Å². The van der Waals surface area contributed by atoms with Crippen molar-refractivity contribution in [3.05, 3.63) is 41.7 Å². The van der Waals surface area contributed by atoms with Gasteiger partial charge in [-0.25, -0.2) is 4.39 Å². The molecule has 0 spiro atoms. The third-order valence-electron chi connectivity index (χ3n) is 2.17. The third kappa shape index (κ3) is 3.83. The largest absolute Gasteiger partial charge is 0.497 e. The van der Waals surface area contributed by atoms with Gasteiger partial charge in [0.15, 0.2) is 0 Å². The quantitative estimate of drug-likeness (QED) is 0.827. The summed E-state index contributed by atoms with van der Waals surface area (Å²) in [5.41, 5.74) is 7.27. The predicted octanol–water partition coefficient (Wildman–Crippen LogP) is 3.22. The van der Waals surface area contributed by atoms with Gasteiger partial charge in [0.1, 0.15) is 11.6 Å². The fourth-order valence-corrected chi connectivity index (χ4v) is 1.42. The maximum atomic E-state index is 13.4. The number of ether oxygens (including phenoxy) is 1. The van der Waals surface area contributed by atoms with Crippen LogP contribution in [0, 0.1) is 5.82 Å². The van der Waals surface area contributed by atoms with E-state index in [9.17, 15) is 4.39 Å². The minimum absolute atomic E-state index is 0. The SMILES string of the molecule is C=C(C)C[C@@H](N)c1cc(OC)ccc1F.Cl. The van der Waals surface area contributed by atoms with Crippen molar-refractivity contribution in [2.24, 2.45) is 5.73 Å². The lowest BCUT2D eigenvalue weighted by molar-refractivity contribution is 0.412. The fourth-order valence-electron chi connectivity index (χ4n) is 1.42. The summed E-state index contributed by atoms with van der Waals surface area (Å²) in [6.07, 6.45) is 0.573.